The summed E-state index contributed by atoms with van der Waals surface area (Å²) in [5, 5.41) is 3.69. The Morgan fingerprint density at radius 2 is 1.93 bits per heavy atom. The molecule has 140 valence electrons. The molecule has 0 bridgehead atoms. The molecule has 0 saturated heterocycles. The Labute approximate surface area is 162 Å². The molecule has 0 aliphatic heterocycles. The van der Waals surface area contributed by atoms with E-state index in [4.69, 9.17) is 11.6 Å². The lowest BCUT2D eigenvalue weighted by molar-refractivity contribution is 0.627. The van der Waals surface area contributed by atoms with Crippen LogP contribution in [0.15, 0.2) is 30.6 Å². The molecule has 3 heterocycles. The van der Waals surface area contributed by atoms with Gasteiger partial charge >= 0.3 is 0 Å². The smallest absolute Gasteiger partial charge is 0.151 e. The van der Waals surface area contributed by atoms with E-state index >= 15 is 0 Å². The van der Waals surface area contributed by atoms with Gasteiger partial charge in [0.05, 0.1) is 21.9 Å². The third kappa shape index (κ3) is 3.90. The lowest BCUT2D eigenvalue weighted by Gasteiger charge is -2.14. The topological polar surface area (TPSA) is 63.6 Å². The van der Waals surface area contributed by atoms with Gasteiger partial charge in [-0.1, -0.05) is 37.6 Å². The van der Waals surface area contributed by atoms with Gasteiger partial charge in [-0.2, -0.15) is 0 Å². The van der Waals surface area contributed by atoms with E-state index in [0.717, 1.165) is 5.57 Å². The summed E-state index contributed by atoms with van der Waals surface area (Å²) in [7, 11) is 0. The molecule has 0 aliphatic carbocycles. The van der Waals surface area contributed by atoms with Crippen LogP contribution in [-0.4, -0.2) is 26.5 Å². The Morgan fingerprint density at radius 3 is 2.52 bits per heavy atom. The van der Waals surface area contributed by atoms with Crippen molar-refractivity contribution in [2.24, 2.45) is 0 Å². The normalized spacial score (nSPS) is 11.2. The quantitative estimate of drug-likeness (QED) is 0.604. The third-order valence-corrected chi connectivity index (χ3v) is 4.51. The number of hydrogen-bond acceptors (Lipinski definition) is 5. The van der Waals surface area contributed by atoms with Gasteiger partial charge in [0.1, 0.15) is 17.0 Å². The Morgan fingerprint density at radius 1 is 1.26 bits per heavy atom. The zero-order valence-electron chi connectivity index (χ0n) is 15.8. The van der Waals surface area contributed by atoms with Crippen molar-refractivity contribution >= 4 is 28.3 Å². The highest BCUT2D eigenvalue weighted by Crippen LogP contribution is 2.34. The zero-order valence-corrected chi connectivity index (χ0v) is 16.5. The lowest BCUT2D eigenvalue weighted by Crippen LogP contribution is -2.06. The molecular formula is C20H21ClFN5. The zero-order chi connectivity index (χ0) is 19.7. The Hall–Kier alpha value is -2.60. The summed E-state index contributed by atoms with van der Waals surface area (Å²) in [5.41, 5.74) is 3.75. The average Bonchev–Trinajstić information content (AvgIpc) is 2.62. The summed E-state index contributed by atoms with van der Waals surface area (Å²) in [6.07, 6.45) is 3.17. The van der Waals surface area contributed by atoms with Gasteiger partial charge in [-0.05, 0) is 13.8 Å². The molecule has 3 aromatic heterocycles. The largest absolute Gasteiger partial charge is 0.378 e. The van der Waals surface area contributed by atoms with Crippen LogP contribution in [0.5, 0.6) is 0 Å². The summed E-state index contributed by atoms with van der Waals surface area (Å²) in [6, 6.07) is 1.36. The molecule has 5 nitrogen and oxygen atoms in total. The molecule has 7 heteroatoms. The minimum Gasteiger partial charge on any atom is -0.378 e. The van der Waals surface area contributed by atoms with Crippen LogP contribution in [-0.2, 0) is 0 Å². The highest BCUT2D eigenvalue weighted by molar-refractivity contribution is 6.35. The van der Waals surface area contributed by atoms with E-state index in [2.05, 4.69) is 31.8 Å². The fourth-order valence-corrected chi connectivity index (χ4v) is 2.82. The molecule has 1 N–H and O–H groups in total. The van der Waals surface area contributed by atoms with Crippen LogP contribution >= 0.6 is 11.6 Å². The fourth-order valence-electron chi connectivity index (χ4n) is 2.62. The van der Waals surface area contributed by atoms with Crippen molar-refractivity contribution in [3.05, 3.63) is 53.0 Å². The van der Waals surface area contributed by atoms with Crippen molar-refractivity contribution in [2.75, 3.05) is 11.9 Å². The number of anilines is 1. The SMILES string of the molecule is C=C(C)CNc1c(Cl)c(C)nc2cc(F)c(-c3cnc(C(C)C)nc3)nc12. The number of nitrogens with one attached hydrogen (secondary N) is 1. The number of pyridine rings is 2. The molecule has 0 aromatic carbocycles. The van der Waals surface area contributed by atoms with Crippen LogP contribution in [0.2, 0.25) is 5.02 Å². The first kappa shape index (κ1) is 19.2. The molecule has 0 aliphatic rings. The molecule has 0 fully saturated rings. The van der Waals surface area contributed by atoms with Crippen LogP contribution in [0, 0.1) is 12.7 Å². The number of hydrogen-bond donors (Lipinski definition) is 1. The molecule has 3 rings (SSSR count). The van der Waals surface area contributed by atoms with E-state index in [1.165, 1.54) is 6.07 Å². The minimum atomic E-state index is -0.483. The molecular weight excluding hydrogens is 365 g/mol. The third-order valence-electron chi connectivity index (χ3n) is 4.05. The molecule has 0 radical (unpaired) electrons. The number of fused-ring (bicyclic) bond motifs is 1. The van der Waals surface area contributed by atoms with Gasteiger partial charge in [0, 0.05) is 36.5 Å². The number of aromatic nitrogens is 4. The van der Waals surface area contributed by atoms with Crippen LogP contribution in [0.1, 0.15) is 38.2 Å². The average molecular weight is 386 g/mol. The molecule has 0 amide bonds. The first-order valence-electron chi connectivity index (χ1n) is 8.64. The highest BCUT2D eigenvalue weighted by Gasteiger charge is 2.17. The van der Waals surface area contributed by atoms with E-state index in [1.54, 1.807) is 19.3 Å². The van der Waals surface area contributed by atoms with Crippen molar-refractivity contribution in [1.82, 2.24) is 19.9 Å². The molecule has 0 atom stereocenters. The highest BCUT2D eigenvalue weighted by atomic mass is 35.5. The van der Waals surface area contributed by atoms with Crippen LogP contribution in [0.4, 0.5) is 10.1 Å². The van der Waals surface area contributed by atoms with Crippen LogP contribution < -0.4 is 5.32 Å². The Kier molecular flexibility index (Phi) is 5.37. The molecule has 3 aromatic rings. The van der Waals surface area contributed by atoms with E-state index in [9.17, 15) is 4.39 Å². The van der Waals surface area contributed by atoms with Gasteiger partial charge in [-0.15, -0.1) is 0 Å². The second-order valence-electron chi connectivity index (χ2n) is 6.87. The molecule has 0 saturated carbocycles. The number of halogens is 2. The van der Waals surface area contributed by atoms with Crippen LogP contribution in [0.3, 0.4) is 0 Å². The van der Waals surface area contributed by atoms with Crippen molar-refractivity contribution in [3.8, 4) is 11.3 Å². The van der Waals surface area contributed by atoms with Crippen LogP contribution in [0.25, 0.3) is 22.3 Å². The predicted octanol–water partition coefficient (Wildman–Crippen LogP) is 5.30. The van der Waals surface area contributed by atoms with E-state index in [0.29, 0.717) is 45.4 Å². The second kappa shape index (κ2) is 7.56. The number of rotatable bonds is 5. The molecule has 0 spiro atoms. The summed E-state index contributed by atoms with van der Waals surface area (Å²) in [5.74, 6) is 0.407. The van der Waals surface area contributed by atoms with Gasteiger partial charge < -0.3 is 5.32 Å². The van der Waals surface area contributed by atoms with Gasteiger partial charge in [-0.25, -0.2) is 24.3 Å². The van der Waals surface area contributed by atoms with Gasteiger partial charge in [-0.3, -0.25) is 0 Å². The van der Waals surface area contributed by atoms with E-state index in [1.807, 2.05) is 20.8 Å². The van der Waals surface area contributed by atoms with Gasteiger partial charge in [0.15, 0.2) is 5.82 Å². The standard InChI is InChI=1S/C20H21ClFN5/c1-10(2)7-23-19-16(21)12(5)26-15-6-14(22)17(27-18(15)19)13-8-24-20(11(3)4)25-9-13/h6,8-9,11H,1,7H2,2-5H3,(H,23,26). The van der Waals surface area contributed by atoms with Crippen molar-refractivity contribution < 1.29 is 4.39 Å². The van der Waals surface area contributed by atoms with Crippen molar-refractivity contribution in [3.63, 3.8) is 0 Å². The fraction of sp³-hybridized carbons (Fsp3) is 0.300. The second-order valence-corrected chi connectivity index (χ2v) is 7.25. The predicted molar refractivity (Wildman–Crippen MR) is 108 cm³/mol. The molecule has 27 heavy (non-hydrogen) atoms. The summed E-state index contributed by atoms with van der Waals surface area (Å²) in [4.78, 5) is 17.5. The van der Waals surface area contributed by atoms with Gasteiger partial charge in [0.25, 0.3) is 0 Å². The number of nitrogens with zero attached hydrogens (tertiary/aromatic N) is 4. The summed E-state index contributed by atoms with van der Waals surface area (Å²) in [6.45, 7) is 12.1. The Bertz CT molecular complexity index is 1020. The van der Waals surface area contributed by atoms with Crippen molar-refractivity contribution in [2.45, 2.75) is 33.6 Å². The van der Waals surface area contributed by atoms with E-state index in [-0.39, 0.29) is 11.6 Å². The summed E-state index contributed by atoms with van der Waals surface area (Å²) >= 11 is 6.44. The first-order chi connectivity index (χ1) is 12.8. The summed E-state index contributed by atoms with van der Waals surface area (Å²) < 4.78 is 14.7. The lowest BCUT2D eigenvalue weighted by atomic mass is 10.1. The maximum Gasteiger partial charge on any atom is 0.151 e. The minimum absolute atomic E-state index is 0.165. The van der Waals surface area contributed by atoms with E-state index < -0.39 is 5.82 Å². The monoisotopic (exact) mass is 385 g/mol. The Balaban J connectivity index is 2.17. The van der Waals surface area contributed by atoms with Gasteiger partial charge in [0.2, 0.25) is 0 Å². The maximum absolute atomic E-state index is 14.7. The molecule has 0 unspecified atom stereocenters. The maximum atomic E-state index is 14.7. The number of aryl methyl sites for hydroxylation is 1. The first-order valence-corrected chi connectivity index (χ1v) is 9.02. The van der Waals surface area contributed by atoms with Crippen molar-refractivity contribution in [1.29, 1.82) is 0 Å².